The molecule has 1 aliphatic heterocycles. The lowest BCUT2D eigenvalue weighted by Gasteiger charge is -2.19. The van der Waals surface area contributed by atoms with E-state index in [1.165, 1.54) is 0 Å². The third kappa shape index (κ3) is 9.68. The molecule has 1 atom stereocenters. The largest absolute Gasteiger partial charge is 0.379 e. The summed E-state index contributed by atoms with van der Waals surface area (Å²) in [5.41, 5.74) is 4.24. The lowest BCUT2D eigenvalue weighted by atomic mass is 10.3. The van der Waals surface area contributed by atoms with E-state index in [2.05, 4.69) is 29.6 Å². The molecule has 1 amide bonds. The van der Waals surface area contributed by atoms with Crippen LogP contribution < -0.4 is 11.1 Å². The average Bonchev–Trinajstić information content (AvgIpc) is 1.87. The zero-order valence-corrected chi connectivity index (χ0v) is 7.23. The summed E-state index contributed by atoms with van der Waals surface area (Å²) in [5, 5.41) is 2.40. The first-order valence-electron chi connectivity index (χ1n) is 3.39. The number of carbonyl (C=O) groups is 1. The number of hydrogen-bond acceptors (Lipinski definition) is 3. The molecule has 1 heterocycles. The molecule has 0 saturated carbocycles. The van der Waals surface area contributed by atoms with E-state index >= 15 is 0 Å². The highest BCUT2D eigenvalue weighted by Crippen LogP contribution is 1.88. The summed E-state index contributed by atoms with van der Waals surface area (Å²) in [6.07, 6.45) is 0. The molecule has 3 N–H and O–H groups in total. The second-order valence-corrected chi connectivity index (χ2v) is 2.61. The van der Waals surface area contributed by atoms with E-state index in [0.717, 1.165) is 19.8 Å². The summed E-state index contributed by atoms with van der Waals surface area (Å²) < 4.78 is 5.12. The molecule has 1 aliphatic rings. The predicted octanol–water partition coefficient (Wildman–Crippen LogP) is 0.299. The number of ether oxygens (including phenoxy) is 1. The first-order chi connectivity index (χ1) is 5.13. The molecule has 1 rings (SSSR count). The monoisotopic (exact) mass is 180 g/mol. The number of carbonyl (C=O) groups excluding carboxylic acids is 1. The highest BCUT2D eigenvalue weighted by atomic mass is 35.5. The van der Waals surface area contributed by atoms with Crippen LogP contribution in [-0.2, 0) is 4.74 Å². The van der Waals surface area contributed by atoms with Gasteiger partial charge in [-0.2, -0.15) is 0 Å². The van der Waals surface area contributed by atoms with Crippen LogP contribution in [0.4, 0.5) is 4.79 Å². The Balaban J connectivity index is 0.000000218. The molecule has 0 radical (unpaired) electrons. The van der Waals surface area contributed by atoms with E-state index in [-0.39, 0.29) is 0 Å². The molecule has 1 saturated heterocycles. The Hall–Kier alpha value is -0.320. The Morgan fingerprint density at radius 3 is 2.55 bits per heavy atom. The molecule has 0 aromatic heterocycles. The minimum atomic E-state index is -0.861. The maximum Gasteiger partial charge on any atom is 0.311 e. The van der Waals surface area contributed by atoms with Gasteiger partial charge in [-0.25, -0.2) is 0 Å². The number of amides is 1. The lowest BCUT2D eigenvalue weighted by molar-refractivity contribution is 0.0824. The summed E-state index contributed by atoms with van der Waals surface area (Å²) in [6, 6.07) is 0.564. The van der Waals surface area contributed by atoms with Gasteiger partial charge in [0.25, 0.3) is 0 Å². The van der Waals surface area contributed by atoms with Crippen molar-refractivity contribution in [2.75, 3.05) is 19.8 Å². The van der Waals surface area contributed by atoms with Gasteiger partial charge in [0, 0.05) is 12.6 Å². The summed E-state index contributed by atoms with van der Waals surface area (Å²) in [4.78, 5) is 8.99. The summed E-state index contributed by atoms with van der Waals surface area (Å²) in [5.74, 6) is 0. The van der Waals surface area contributed by atoms with Crippen molar-refractivity contribution in [2.45, 2.75) is 13.0 Å². The van der Waals surface area contributed by atoms with E-state index in [4.69, 9.17) is 9.53 Å². The van der Waals surface area contributed by atoms with E-state index in [0.29, 0.717) is 6.04 Å². The maximum atomic E-state index is 8.99. The van der Waals surface area contributed by atoms with Crippen molar-refractivity contribution in [1.29, 1.82) is 0 Å². The number of nitrogens with two attached hydrogens (primary N) is 1. The van der Waals surface area contributed by atoms with Crippen molar-refractivity contribution < 1.29 is 9.53 Å². The van der Waals surface area contributed by atoms with E-state index in [1.54, 1.807) is 0 Å². The van der Waals surface area contributed by atoms with E-state index in [1.807, 2.05) is 0 Å². The van der Waals surface area contributed by atoms with Gasteiger partial charge >= 0.3 is 5.37 Å². The van der Waals surface area contributed by atoms with Crippen LogP contribution in [0.5, 0.6) is 0 Å². The van der Waals surface area contributed by atoms with Crippen LogP contribution in [-0.4, -0.2) is 31.2 Å². The molecule has 0 bridgehead atoms. The minimum Gasteiger partial charge on any atom is -0.379 e. The molecular weight excluding hydrogens is 168 g/mol. The molecular formula is C6H13ClN2O2. The average molecular weight is 181 g/mol. The van der Waals surface area contributed by atoms with E-state index in [9.17, 15) is 0 Å². The third-order valence-electron chi connectivity index (χ3n) is 1.11. The van der Waals surface area contributed by atoms with Gasteiger partial charge in [-0.05, 0) is 18.5 Å². The van der Waals surface area contributed by atoms with Crippen LogP contribution in [0.15, 0.2) is 0 Å². The van der Waals surface area contributed by atoms with Crippen LogP contribution in [0.3, 0.4) is 0 Å². The minimum absolute atomic E-state index is 0.564. The second kappa shape index (κ2) is 6.39. The molecule has 11 heavy (non-hydrogen) atoms. The van der Waals surface area contributed by atoms with Crippen LogP contribution in [0.25, 0.3) is 0 Å². The molecule has 0 aromatic rings. The van der Waals surface area contributed by atoms with Crippen molar-refractivity contribution in [3.63, 3.8) is 0 Å². The normalized spacial score (nSPS) is 23.3. The van der Waals surface area contributed by atoms with Crippen molar-refractivity contribution in [1.82, 2.24) is 5.32 Å². The molecule has 0 spiro atoms. The molecule has 5 heteroatoms. The van der Waals surface area contributed by atoms with E-state index < -0.39 is 5.37 Å². The fourth-order valence-corrected chi connectivity index (χ4v) is 0.697. The van der Waals surface area contributed by atoms with Crippen LogP contribution in [0.1, 0.15) is 6.92 Å². The Kier molecular flexibility index (Phi) is 6.21. The Morgan fingerprint density at radius 1 is 1.82 bits per heavy atom. The Morgan fingerprint density at radius 2 is 2.36 bits per heavy atom. The highest BCUT2D eigenvalue weighted by Gasteiger charge is 2.04. The van der Waals surface area contributed by atoms with Gasteiger partial charge in [0.2, 0.25) is 0 Å². The first-order valence-corrected chi connectivity index (χ1v) is 3.76. The predicted molar refractivity (Wildman–Crippen MR) is 43.7 cm³/mol. The van der Waals surface area contributed by atoms with Gasteiger partial charge in [-0.1, -0.05) is 0 Å². The topological polar surface area (TPSA) is 64.3 Å². The number of rotatable bonds is 0. The highest BCUT2D eigenvalue weighted by molar-refractivity contribution is 6.62. The Labute approximate surface area is 71.0 Å². The third-order valence-corrected chi connectivity index (χ3v) is 1.11. The lowest BCUT2D eigenvalue weighted by Crippen LogP contribution is -2.38. The maximum absolute atomic E-state index is 8.99. The van der Waals surface area contributed by atoms with Crippen LogP contribution >= 0.6 is 11.6 Å². The summed E-state index contributed by atoms with van der Waals surface area (Å²) in [6.45, 7) is 4.89. The van der Waals surface area contributed by atoms with Gasteiger partial charge < -0.3 is 15.8 Å². The zero-order valence-electron chi connectivity index (χ0n) is 6.47. The molecule has 4 nitrogen and oxygen atoms in total. The number of nitrogens with one attached hydrogen (secondary N) is 1. The van der Waals surface area contributed by atoms with Crippen molar-refractivity contribution in [3.8, 4) is 0 Å². The summed E-state index contributed by atoms with van der Waals surface area (Å²) >= 11 is 4.41. The quantitative estimate of drug-likeness (QED) is 0.416. The number of morpholine rings is 1. The van der Waals surface area contributed by atoms with Gasteiger partial charge in [0.1, 0.15) is 0 Å². The van der Waals surface area contributed by atoms with Crippen molar-refractivity contribution >= 4 is 17.0 Å². The van der Waals surface area contributed by atoms with Gasteiger partial charge in [0.05, 0.1) is 13.2 Å². The van der Waals surface area contributed by atoms with Crippen molar-refractivity contribution in [3.05, 3.63) is 0 Å². The van der Waals surface area contributed by atoms with Gasteiger partial charge in [-0.15, -0.1) is 0 Å². The first kappa shape index (κ1) is 10.7. The van der Waals surface area contributed by atoms with Crippen LogP contribution in [0.2, 0.25) is 0 Å². The zero-order chi connectivity index (χ0) is 8.69. The van der Waals surface area contributed by atoms with Crippen molar-refractivity contribution in [2.24, 2.45) is 5.73 Å². The fraction of sp³-hybridized carbons (Fsp3) is 0.833. The Bertz CT molecular complexity index is 111. The number of halogens is 1. The smallest absolute Gasteiger partial charge is 0.311 e. The summed E-state index contributed by atoms with van der Waals surface area (Å²) in [7, 11) is 0. The fourth-order valence-electron chi connectivity index (χ4n) is 0.697. The van der Waals surface area contributed by atoms with Crippen LogP contribution in [0, 0.1) is 0 Å². The molecule has 1 fully saturated rings. The molecule has 0 aliphatic carbocycles. The van der Waals surface area contributed by atoms with Gasteiger partial charge in [0.15, 0.2) is 0 Å². The number of hydrogen-bond donors (Lipinski definition) is 2. The SMILES string of the molecule is C[C@H]1COCCN1.NC(=O)Cl. The van der Waals surface area contributed by atoms with Gasteiger partial charge in [-0.3, -0.25) is 4.79 Å². The molecule has 0 aromatic carbocycles. The second-order valence-electron chi connectivity index (χ2n) is 2.23. The number of primary amides is 1. The molecule has 66 valence electrons. The standard InChI is InChI=1S/C5H11NO.CH2ClNO/c1-5-4-7-3-2-6-5;2-1(3)4/h5-6H,2-4H2,1H3;(H2,3,4)/t5-;/m0./s1. The molecule has 0 unspecified atom stereocenters.